The van der Waals surface area contributed by atoms with Crippen LogP contribution in [-0.2, 0) is 19.3 Å². The first kappa shape index (κ1) is 16.5. The van der Waals surface area contributed by atoms with Crippen LogP contribution in [0.4, 0.5) is 5.69 Å². The van der Waals surface area contributed by atoms with Crippen LogP contribution in [0.1, 0.15) is 55.4 Å². The molecular weight excluding hydrogens is 302 g/mol. The number of aliphatic imine (C=N–C) groups is 1. The Balaban J connectivity index is 1.46. The van der Waals surface area contributed by atoms with Crippen LogP contribution in [0.5, 0.6) is 0 Å². The quantitative estimate of drug-likeness (QED) is 0.483. The summed E-state index contributed by atoms with van der Waals surface area (Å²) in [5.41, 5.74) is 9.85. The van der Waals surface area contributed by atoms with E-state index in [0.717, 1.165) is 30.8 Å². The number of anilines is 1. The van der Waals surface area contributed by atoms with Crippen molar-refractivity contribution < 1.29 is 4.52 Å². The minimum absolute atomic E-state index is 0.285. The molecule has 0 bridgehead atoms. The van der Waals surface area contributed by atoms with Crippen molar-refractivity contribution in [1.29, 1.82) is 0 Å². The Morgan fingerprint density at radius 3 is 2.96 bits per heavy atom. The Labute approximate surface area is 142 Å². The van der Waals surface area contributed by atoms with Crippen molar-refractivity contribution in [3.05, 3.63) is 41.0 Å². The van der Waals surface area contributed by atoms with E-state index in [1.807, 2.05) is 13.8 Å². The van der Waals surface area contributed by atoms with E-state index in [9.17, 15) is 0 Å². The summed E-state index contributed by atoms with van der Waals surface area (Å²) in [7, 11) is 0. The SMILES string of the molecule is CC(C)c1noc(CCCN=C(N)Nc2ccc3c(c2)CCC3)n1. The third-order valence-electron chi connectivity index (χ3n) is 4.20. The van der Waals surface area contributed by atoms with E-state index in [-0.39, 0.29) is 5.92 Å². The van der Waals surface area contributed by atoms with E-state index in [1.54, 1.807) is 0 Å². The number of nitrogens with one attached hydrogen (secondary N) is 1. The van der Waals surface area contributed by atoms with Crippen molar-refractivity contribution in [2.75, 3.05) is 11.9 Å². The largest absolute Gasteiger partial charge is 0.370 e. The highest BCUT2D eigenvalue weighted by molar-refractivity contribution is 5.92. The standard InChI is InChI=1S/C18H25N5O/c1-12(2)17-22-16(24-23-17)7-4-10-20-18(19)21-15-9-8-13-5-3-6-14(13)11-15/h8-9,11-12H,3-7,10H2,1-2H3,(H3,19,20,21). The molecule has 0 saturated carbocycles. The minimum Gasteiger partial charge on any atom is -0.370 e. The van der Waals surface area contributed by atoms with Crippen molar-refractivity contribution in [3.63, 3.8) is 0 Å². The lowest BCUT2D eigenvalue weighted by Crippen LogP contribution is -2.23. The molecule has 6 heteroatoms. The molecule has 1 aliphatic rings. The van der Waals surface area contributed by atoms with Gasteiger partial charge in [-0.15, -0.1) is 0 Å². The summed E-state index contributed by atoms with van der Waals surface area (Å²) in [5, 5.41) is 7.12. The molecule has 128 valence electrons. The molecule has 1 aliphatic carbocycles. The second kappa shape index (κ2) is 7.47. The van der Waals surface area contributed by atoms with Gasteiger partial charge in [0.05, 0.1) is 0 Å². The van der Waals surface area contributed by atoms with Crippen LogP contribution in [0.3, 0.4) is 0 Å². The first-order chi connectivity index (χ1) is 11.6. The van der Waals surface area contributed by atoms with E-state index in [4.69, 9.17) is 10.3 Å². The maximum absolute atomic E-state index is 5.96. The van der Waals surface area contributed by atoms with Gasteiger partial charge >= 0.3 is 0 Å². The fourth-order valence-corrected chi connectivity index (χ4v) is 2.87. The lowest BCUT2D eigenvalue weighted by Gasteiger charge is -2.07. The monoisotopic (exact) mass is 327 g/mol. The fraction of sp³-hybridized carbons (Fsp3) is 0.500. The summed E-state index contributed by atoms with van der Waals surface area (Å²) < 4.78 is 5.21. The Hall–Kier alpha value is -2.37. The van der Waals surface area contributed by atoms with E-state index in [1.165, 1.54) is 24.0 Å². The smallest absolute Gasteiger partial charge is 0.226 e. The van der Waals surface area contributed by atoms with Crippen LogP contribution >= 0.6 is 0 Å². The number of guanidine groups is 1. The molecule has 0 atom stereocenters. The number of aryl methyl sites for hydroxylation is 3. The molecule has 0 radical (unpaired) electrons. The Morgan fingerprint density at radius 2 is 2.17 bits per heavy atom. The molecule has 3 rings (SSSR count). The molecule has 6 nitrogen and oxygen atoms in total. The lowest BCUT2D eigenvalue weighted by molar-refractivity contribution is 0.369. The molecule has 24 heavy (non-hydrogen) atoms. The minimum atomic E-state index is 0.285. The molecule has 3 N–H and O–H groups in total. The molecular formula is C18H25N5O. The number of nitrogens with zero attached hydrogens (tertiary/aromatic N) is 3. The van der Waals surface area contributed by atoms with Crippen LogP contribution in [0.2, 0.25) is 0 Å². The maximum atomic E-state index is 5.96. The number of aromatic nitrogens is 2. The van der Waals surface area contributed by atoms with Gasteiger partial charge in [-0.25, -0.2) is 0 Å². The third-order valence-corrected chi connectivity index (χ3v) is 4.20. The molecule has 1 aromatic carbocycles. The number of benzene rings is 1. The fourth-order valence-electron chi connectivity index (χ4n) is 2.87. The average molecular weight is 327 g/mol. The topological polar surface area (TPSA) is 89.3 Å². The van der Waals surface area contributed by atoms with E-state index in [2.05, 4.69) is 38.6 Å². The van der Waals surface area contributed by atoms with Gasteiger partial charge in [0.15, 0.2) is 11.8 Å². The summed E-state index contributed by atoms with van der Waals surface area (Å²) >= 11 is 0. The van der Waals surface area contributed by atoms with Crippen molar-refractivity contribution in [2.24, 2.45) is 10.7 Å². The van der Waals surface area contributed by atoms with Gasteiger partial charge in [0, 0.05) is 24.6 Å². The summed E-state index contributed by atoms with van der Waals surface area (Å²) in [6.07, 6.45) is 5.13. The summed E-state index contributed by atoms with van der Waals surface area (Å²) in [5.74, 6) is 2.15. The maximum Gasteiger partial charge on any atom is 0.226 e. The molecule has 0 fully saturated rings. The predicted octanol–water partition coefficient (Wildman–Crippen LogP) is 3.04. The van der Waals surface area contributed by atoms with Gasteiger partial charge in [-0.2, -0.15) is 4.98 Å². The van der Waals surface area contributed by atoms with Crippen LogP contribution in [0.25, 0.3) is 0 Å². The second-order valence-corrected chi connectivity index (χ2v) is 6.53. The Morgan fingerprint density at radius 1 is 1.33 bits per heavy atom. The Bertz CT molecular complexity index is 720. The van der Waals surface area contributed by atoms with Crippen LogP contribution in [0, 0.1) is 0 Å². The van der Waals surface area contributed by atoms with E-state index >= 15 is 0 Å². The highest BCUT2D eigenvalue weighted by Crippen LogP contribution is 2.24. The van der Waals surface area contributed by atoms with Crippen LogP contribution < -0.4 is 11.1 Å². The molecule has 0 spiro atoms. The number of hydrogen-bond donors (Lipinski definition) is 2. The molecule has 1 aromatic heterocycles. The van der Waals surface area contributed by atoms with E-state index in [0.29, 0.717) is 18.4 Å². The van der Waals surface area contributed by atoms with Crippen molar-refractivity contribution in [3.8, 4) is 0 Å². The highest BCUT2D eigenvalue weighted by Gasteiger charge is 2.11. The number of hydrogen-bond acceptors (Lipinski definition) is 4. The number of nitrogens with two attached hydrogens (primary N) is 1. The zero-order valence-electron chi connectivity index (χ0n) is 14.4. The van der Waals surface area contributed by atoms with Gasteiger partial charge in [-0.05, 0) is 48.9 Å². The van der Waals surface area contributed by atoms with Gasteiger partial charge < -0.3 is 15.6 Å². The van der Waals surface area contributed by atoms with Gasteiger partial charge in [-0.3, -0.25) is 4.99 Å². The average Bonchev–Trinajstić information content (AvgIpc) is 3.20. The molecule has 0 amide bonds. The van der Waals surface area contributed by atoms with Crippen LogP contribution in [0.15, 0.2) is 27.7 Å². The highest BCUT2D eigenvalue weighted by atomic mass is 16.5. The molecule has 0 saturated heterocycles. The summed E-state index contributed by atoms with van der Waals surface area (Å²) in [6.45, 7) is 4.72. The molecule has 0 aliphatic heterocycles. The zero-order valence-corrected chi connectivity index (χ0v) is 14.4. The number of fused-ring (bicyclic) bond motifs is 1. The summed E-state index contributed by atoms with van der Waals surface area (Å²) in [6, 6.07) is 6.43. The van der Waals surface area contributed by atoms with Gasteiger partial charge in [0.1, 0.15) is 0 Å². The van der Waals surface area contributed by atoms with Gasteiger partial charge in [-0.1, -0.05) is 25.1 Å². The van der Waals surface area contributed by atoms with Crippen LogP contribution in [-0.4, -0.2) is 22.6 Å². The normalized spacial score (nSPS) is 14.2. The van der Waals surface area contributed by atoms with Crippen molar-refractivity contribution in [1.82, 2.24) is 10.1 Å². The first-order valence-corrected chi connectivity index (χ1v) is 8.63. The third kappa shape index (κ3) is 4.13. The molecule has 0 unspecified atom stereocenters. The van der Waals surface area contributed by atoms with E-state index < -0.39 is 0 Å². The second-order valence-electron chi connectivity index (χ2n) is 6.53. The molecule has 1 heterocycles. The van der Waals surface area contributed by atoms with Gasteiger partial charge in [0.25, 0.3) is 0 Å². The van der Waals surface area contributed by atoms with Crippen molar-refractivity contribution >= 4 is 11.6 Å². The van der Waals surface area contributed by atoms with Crippen molar-refractivity contribution in [2.45, 2.75) is 51.9 Å². The lowest BCUT2D eigenvalue weighted by atomic mass is 10.1. The summed E-state index contributed by atoms with van der Waals surface area (Å²) in [4.78, 5) is 8.72. The van der Waals surface area contributed by atoms with Gasteiger partial charge in [0.2, 0.25) is 5.89 Å². The molecule has 2 aromatic rings. The predicted molar refractivity (Wildman–Crippen MR) is 95.3 cm³/mol. The first-order valence-electron chi connectivity index (χ1n) is 8.63. The zero-order chi connectivity index (χ0) is 16.9. The Kier molecular flexibility index (Phi) is 5.13. The number of rotatable bonds is 6.